The fourth-order valence-corrected chi connectivity index (χ4v) is 3.26. The van der Waals surface area contributed by atoms with Crippen molar-refractivity contribution in [2.75, 3.05) is 27.7 Å². The second-order valence-corrected chi connectivity index (χ2v) is 8.04. The van der Waals surface area contributed by atoms with Crippen LogP contribution in [-0.2, 0) is 21.2 Å². The Bertz CT molecular complexity index is 799. The number of amides is 1. The van der Waals surface area contributed by atoms with Crippen LogP contribution in [0.25, 0.3) is 0 Å². The Morgan fingerprint density at radius 1 is 1.19 bits per heavy atom. The minimum Gasteiger partial charge on any atom is -0.468 e. The molecule has 0 bridgehead atoms. The van der Waals surface area contributed by atoms with Gasteiger partial charge in [0.2, 0.25) is 15.9 Å². The lowest BCUT2D eigenvalue weighted by Crippen LogP contribution is -2.34. The Kier molecular flexibility index (Phi) is 6.96. The van der Waals surface area contributed by atoms with Crippen molar-refractivity contribution >= 4 is 15.9 Å². The topological polar surface area (TPSA) is 91.6 Å². The third-order valence-electron chi connectivity index (χ3n) is 4.13. The number of furan rings is 1. The van der Waals surface area contributed by atoms with Gasteiger partial charge in [-0.15, -0.1) is 0 Å². The standard InChI is InChI=1S/C18H25N3O4S/c1-19-26(23,24)15-9-6-14(7-10-15)8-11-18(22)20-13-16(21(2)3)17-5-4-12-25-17/h4-7,9-10,12,16,19H,8,11,13H2,1-3H3,(H,20,22). The molecule has 2 aromatic rings. The summed E-state index contributed by atoms with van der Waals surface area (Å²) in [5.74, 6) is 0.743. The van der Waals surface area contributed by atoms with E-state index >= 15 is 0 Å². The molecule has 7 nitrogen and oxygen atoms in total. The van der Waals surface area contributed by atoms with E-state index in [1.165, 1.54) is 19.2 Å². The summed E-state index contributed by atoms with van der Waals surface area (Å²) in [6, 6.07) is 10.2. The number of likely N-dealkylation sites (N-methyl/N-ethyl adjacent to an activating group) is 1. The molecule has 0 spiro atoms. The minimum atomic E-state index is -3.44. The molecule has 0 fully saturated rings. The van der Waals surface area contributed by atoms with Crippen LogP contribution in [-0.4, -0.2) is 46.9 Å². The maximum absolute atomic E-state index is 12.1. The lowest BCUT2D eigenvalue weighted by Gasteiger charge is -2.22. The van der Waals surface area contributed by atoms with Crippen molar-refractivity contribution in [3.05, 3.63) is 54.0 Å². The van der Waals surface area contributed by atoms with Crippen molar-refractivity contribution in [1.82, 2.24) is 14.9 Å². The van der Waals surface area contributed by atoms with E-state index in [-0.39, 0.29) is 16.8 Å². The number of benzene rings is 1. The quantitative estimate of drug-likeness (QED) is 0.690. The van der Waals surface area contributed by atoms with Gasteiger partial charge in [0.05, 0.1) is 17.2 Å². The summed E-state index contributed by atoms with van der Waals surface area (Å²) in [6.07, 6.45) is 2.49. The predicted molar refractivity (Wildman–Crippen MR) is 99.2 cm³/mol. The van der Waals surface area contributed by atoms with Crippen LogP contribution in [0, 0.1) is 0 Å². The van der Waals surface area contributed by atoms with Gasteiger partial charge in [0, 0.05) is 13.0 Å². The van der Waals surface area contributed by atoms with E-state index in [1.807, 2.05) is 31.1 Å². The van der Waals surface area contributed by atoms with Crippen molar-refractivity contribution in [3.8, 4) is 0 Å². The van der Waals surface area contributed by atoms with E-state index in [2.05, 4.69) is 10.0 Å². The number of nitrogens with one attached hydrogen (secondary N) is 2. The summed E-state index contributed by atoms with van der Waals surface area (Å²) in [7, 11) is 1.80. The summed E-state index contributed by atoms with van der Waals surface area (Å²) < 4.78 is 31.1. The normalized spacial score (nSPS) is 12.9. The molecule has 0 saturated heterocycles. The van der Waals surface area contributed by atoms with Crippen molar-refractivity contribution in [1.29, 1.82) is 0 Å². The molecule has 26 heavy (non-hydrogen) atoms. The molecule has 0 aliphatic heterocycles. The van der Waals surface area contributed by atoms with Crippen LogP contribution in [0.5, 0.6) is 0 Å². The van der Waals surface area contributed by atoms with Gasteiger partial charge in [-0.3, -0.25) is 9.69 Å². The van der Waals surface area contributed by atoms with Crippen LogP contribution >= 0.6 is 0 Å². The second kappa shape index (κ2) is 8.98. The molecule has 1 aromatic heterocycles. The van der Waals surface area contributed by atoms with Crippen molar-refractivity contribution < 1.29 is 17.6 Å². The number of aryl methyl sites for hydroxylation is 1. The molecule has 1 atom stereocenters. The predicted octanol–water partition coefficient (Wildman–Crippen LogP) is 1.54. The first-order chi connectivity index (χ1) is 12.3. The highest BCUT2D eigenvalue weighted by Crippen LogP contribution is 2.17. The van der Waals surface area contributed by atoms with E-state index in [9.17, 15) is 13.2 Å². The first-order valence-corrected chi connectivity index (χ1v) is 9.81. The summed E-state index contributed by atoms with van der Waals surface area (Å²) in [6.45, 7) is 0.457. The molecule has 1 aromatic carbocycles. The molecule has 2 N–H and O–H groups in total. The third kappa shape index (κ3) is 5.42. The van der Waals surface area contributed by atoms with E-state index in [0.717, 1.165) is 11.3 Å². The zero-order valence-corrected chi connectivity index (χ0v) is 16.0. The molecule has 1 heterocycles. The van der Waals surface area contributed by atoms with E-state index in [0.29, 0.717) is 19.4 Å². The first kappa shape index (κ1) is 20.2. The molecule has 142 valence electrons. The molecular formula is C18H25N3O4S. The summed E-state index contributed by atoms with van der Waals surface area (Å²) in [5.41, 5.74) is 0.908. The number of hydrogen-bond donors (Lipinski definition) is 2. The van der Waals surface area contributed by atoms with Gasteiger partial charge in [0.25, 0.3) is 0 Å². The van der Waals surface area contributed by atoms with E-state index < -0.39 is 10.0 Å². The fourth-order valence-electron chi connectivity index (χ4n) is 2.53. The van der Waals surface area contributed by atoms with Gasteiger partial charge in [-0.1, -0.05) is 12.1 Å². The average Bonchev–Trinajstić information content (AvgIpc) is 3.14. The van der Waals surface area contributed by atoms with Crippen LogP contribution < -0.4 is 10.0 Å². The molecule has 0 aliphatic rings. The molecule has 2 rings (SSSR count). The lowest BCUT2D eigenvalue weighted by atomic mass is 10.1. The van der Waals surface area contributed by atoms with Crippen LogP contribution in [0.1, 0.15) is 23.8 Å². The lowest BCUT2D eigenvalue weighted by molar-refractivity contribution is -0.121. The third-order valence-corrected chi connectivity index (χ3v) is 5.56. The molecule has 8 heteroatoms. The molecule has 0 aliphatic carbocycles. The smallest absolute Gasteiger partial charge is 0.240 e. The monoisotopic (exact) mass is 379 g/mol. The van der Waals surface area contributed by atoms with Gasteiger partial charge in [-0.25, -0.2) is 13.1 Å². The van der Waals surface area contributed by atoms with Gasteiger partial charge < -0.3 is 9.73 Å². The summed E-state index contributed by atoms with van der Waals surface area (Å²) in [5, 5.41) is 2.92. The first-order valence-electron chi connectivity index (χ1n) is 8.32. The van der Waals surface area contributed by atoms with Crippen molar-refractivity contribution in [3.63, 3.8) is 0 Å². The molecule has 0 radical (unpaired) electrons. The number of carbonyl (C=O) groups is 1. The highest BCUT2D eigenvalue weighted by molar-refractivity contribution is 7.89. The maximum Gasteiger partial charge on any atom is 0.240 e. The molecule has 0 saturated carbocycles. The summed E-state index contributed by atoms with van der Waals surface area (Å²) >= 11 is 0. The van der Waals surface area contributed by atoms with Gasteiger partial charge in [0.15, 0.2) is 0 Å². The number of sulfonamides is 1. The van der Waals surface area contributed by atoms with E-state index in [4.69, 9.17) is 4.42 Å². The Morgan fingerprint density at radius 2 is 1.88 bits per heavy atom. The van der Waals surface area contributed by atoms with Crippen LogP contribution in [0.15, 0.2) is 52.0 Å². The van der Waals surface area contributed by atoms with Crippen LogP contribution in [0.3, 0.4) is 0 Å². The Labute approximate surface area is 154 Å². The number of carbonyl (C=O) groups excluding carboxylic acids is 1. The largest absolute Gasteiger partial charge is 0.468 e. The second-order valence-electron chi connectivity index (χ2n) is 6.15. The average molecular weight is 379 g/mol. The number of nitrogens with zero attached hydrogens (tertiary/aromatic N) is 1. The van der Waals surface area contributed by atoms with Crippen LogP contribution in [0.2, 0.25) is 0 Å². The highest BCUT2D eigenvalue weighted by atomic mass is 32.2. The maximum atomic E-state index is 12.1. The zero-order valence-electron chi connectivity index (χ0n) is 15.2. The van der Waals surface area contributed by atoms with E-state index in [1.54, 1.807) is 18.4 Å². The van der Waals surface area contributed by atoms with Gasteiger partial charge in [-0.2, -0.15) is 0 Å². The SMILES string of the molecule is CNS(=O)(=O)c1ccc(CCC(=O)NCC(c2ccco2)N(C)C)cc1. The Hall–Kier alpha value is -2.16. The van der Waals surface area contributed by atoms with Crippen molar-refractivity contribution in [2.24, 2.45) is 0 Å². The number of hydrogen-bond acceptors (Lipinski definition) is 5. The van der Waals surface area contributed by atoms with Crippen LogP contribution in [0.4, 0.5) is 0 Å². The fraction of sp³-hybridized carbons (Fsp3) is 0.389. The van der Waals surface area contributed by atoms with Gasteiger partial charge in [-0.05, 0) is 57.4 Å². The number of rotatable bonds is 9. The van der Waals surface area contributed by atoms with Gasteiger partial charge >= 0.3 is 0 Å². The molecule has 1 amide bonds. The molecule has 1 unspecified atom stereocenters. The Morgan fingerprint density at radius 3 is 2.42 bits per heavy atom. The highest BCUT2D eigenvalue weighted by Gasteiger charge is 2.17. The van der Waals surface area contributed by atoms with Crippen molar-refractivity contribution in [2.45, 2.75) is 23.8 Å². The Balaban J connectivity index is 1.85. The molecular weight excluding hydrogens is 354 g/mol. The zero-order chi connectivity index (χ0) is 19.2. The summed E-state index contributed by atoms with van der Waals surface area (Å²) in [4.78, 5) is 14.3. The minimum absolute atomic E-state index is 0.0278. The van der Waals surface area contributed by atoms with Gasteiger partial charge in [0.1, 0.15) is 5.76 Å².